The van der Waals surface area contributed by atoms with E-state index < -0.39 is 45.0 Å². The van der Waals surface area contributed by atoms with E-state index in [0.717, 1.165) is 0 Å². The first-order chi connectivity index (χ1) is 14.2. The van der Waals surface area contributed by atoms with Gasteiger partial charge in [0, 0.05) is 0 Å². The predicted octanol–water partition coefficient (Wildman–Crippen LogP) is 3.66. The molecular formula is C20H12Cl2N2O6. The van der Waals surface area contributed by atoms with Gasteiger partial charge in [-0.3, -0.25) is 9.59 Å². The molecule has 10 heteroatoms. The smallest absolute Gasteiger partial charge is 0.337 e. The van der Waals surface area contributed by atoms with E-state index >= 15 is 0 Å². The Bertz CT molecular complexity index is 1080. The molecule has 0 saturated carbocycles. The average Bonchev–Trinajstić information content (AvgIpc) is 2.73. The van der Waals surface area contributed by atoms with Crippen LogP contribution in [0.1, 0.15) is 20.7 Å². The first-order valence-electron chi connectivity index (χ1n) is 8.30. The predicted molar refractivity (Wildman–Crippen MR) is 110 cm³/mol. The number of benzene rings is 2. The zero-order chi connectivity index (χ0) is 22.0. The summed E-state index contributed by atoms with van der Waals surface area (Å²) < 4.78 is 0. The first kappa shape index (κ1) is 21.1. The Labute approximate surface area is 179 Å². The van der Waals surface area contributed by atoms with E-state index in [0.29, 0.717) is 0 Å². The number of hydrogen-bond donors (Lipinski definition) is 4. The molecule has 0 bridgehead atoms. The molecule has 0 heterocycles. The number of ketones is 2. The summed E-state index contributed by atoms with van der Waals surface area (Å²) in [5, 5.41) is 22.6. The van der Waals surface area contributed by atoms with Gasteiger partial charge in [0.2, 0.25) is 11.6 Å². The van der Waals surface area contributed by atoms with E-state index in [-0.39, 0.29) is 22.5 Å². The van der Waals surface area contributed by atoms with Crippen LogP contribution in [-0.2, 0) is 9.59 Å². The lowest BCUT2D eigenvalue weighted by Crippen LogP contribution is -2.28. The van der Waals surface area contributed by atoms with Gasteiger partial charge in [-0.05, 0) is 24.3 Å². The third-order valence-electron chi connectivity index (χ3n) is 4.13. The third-order valence-corrected chi connectivity index (χ3v) is 4.85. The number of nitrogens with one attached hydrogen (secondary N) is 2. The number of carbonyl (C=O) groups is 4. The van der Waals surface area contributed by atoms with Crippen molar-refractivity contribution in [3.05, 3.63) is 81.1 Å². The van der Waals surface area contributed by atoms with Gasteiger partial charge in [-0.25, -0.2) is 9.59 Å². The maximum Gasteiger partial charge on any atom is 0.337 e. The molecule has 152 valence electrons. The number of rotatable bonds is 6. The van der Waals surface area contributed by atoms with Gasteiger partial charge in [0.25, 0.3) is 0 Å². The van der Waals surface area contributed by atoms with Crippen LogP contribution in [0, 0.1) is 0 Å². The number of carboxylic acids is 2. The molecule has 0 unspecified atom stereocenters. The van der Waals surface area contributed by atoms with Crippen LogP contribution in [0.2, 0.25) is 0 Å². The molecule has 30 heavy (non-hydrogen) atoms. The highest BCUT2D eigenvalue weighted by Crippen LogP contribution is 2.32. The van der Waals surface area contributed by atoms with Crippen LogP contribution < -0.4 is 10.6 Å². The number of para-hydroxylation sites is 2. The molecule has 0 aliphatic heterocycles. The number of anilines is 2. The topological polar surface area (TPSA) is 133 Å². The zero-order valence-corrected chi connectivity index (χ0v) is 16.4. The molecule has 2 aromatic rings. The second-order valence-electron chi connectivity index (χ2n) is 5.99. The van der Waals surface area contributed by atoms with E-state index in [1.165, 1.54) is 48.5 Å². The Balaban J connectivity index is 1.98. The molecule has 1 aliphatic rings. The zero-order valence-electron chi connectivity index (χ0n) is 14.9. The van der Waals surface area contributed by atoms with Gasteiger partial charge in [0.1, 0.15) is 21.5 Å². The van der Waals surface area contributed by atoms with E-state index in [1.807, 2.05) is 0 Å². The summed E-state index contributed by atoms with van der Waals surface area (Å²) in [6.45, 7) is 0. The maximum absolute atomic E-state index is 12.7. The molecule has 0 atom stereocenters. The third kappa shape index (κ3) is 3.91. The van der Waals surface area contributed by atoms with Gasteiger partial charge < -0.3 is 20.8 Å². The van der Waals surface area contributed by atoms with Crippen LogP contribution in [0.15, 0.2) is 70.0 Å². The number of aromatic carboxylic acids is 2. The lowest BCUT2D eigenvalue weighted by atomic mass is 10.0. The number of Topliss-reactive ketones (excluding diaryl/α,β-unsaturated/α-hetero) is 2. The van der Waals surface area contributed by atoms with Crippen molar-refractivity contribution < 1.29 is 29.4 Å². The highest BCUT2D eigenvalue weighted by molar-refractivity contribution is 6.56. The Morgan fingerprint density at radius 3 is 1.33 bits per heavy atom. The molecule has 2 aromatic carbocycles. The SMILES string of the molecule is O=C1C(Cl)=C(Nc2ccccc2C(=O)O)C(=O)C(Cl)=C1Nc1ccccc1C(=O)O. The molecule has 0 spiro atoms. The van der Waals surface area contributed by atoms with Crippen LogP contribution in [0.4, 0.5) is 11.4 Å². The fraction of sp³-hybridized carbons (Fsp3) is 0. The maximum atomic E-state index is 12.7. The van der Waals surface area contributed by atoms with Crippen molar-refractivity contribution >= 4 is 58.1 Å². The molecule has 1 aliphatic carbocycles. The molecule has 3 rings (SSSR count). The minimum atomic E-state index is -1.25. The summed E-state index contributed by atoms with van der Waals surface area (Å²) >= 11 is 12.2. The Morgan fingerprint density at radius 1 is 0.667 bits per heavy atom. The van der Waals surface area contributed by atoms with E-state index in [9.17, 15) is 29.4 Å². The number of carboxylic acid groups (broad SMARTS) is 2. The molecule has 0 fully saturated rings. The highest BCUT2D eigenvalue weighted by atomic mass is 35.5. The number of allylic oxidation sites excluding steroid dienone is 2. The number of hydrogen-bond acceptors (Lipinski definition) is 6. The van der Waals surface area contributed by atoms with Crippen molar-refractivity contribution in [2.24, 2.45) is 0 Å². The summed E-state index contributed by atoms with van der Waals surface area (Å²) in [7, 11) is 0. The van der Waals surface area contributed by atoms with Crippen molar-refractivity contribution in [3.8, 4) is 0 Å². The van der Waals surface area contributed by atoms with Gasteiger partial charge in [-0.1, -0.05) is 47.5 Å². The van der Waals surface area contributed by atoms with Gasteiger partial charge in [-0.15, -0.1) is 0 Å². The molecule has 4 N–H and O–H groups in total. The average molecular weight is 447 g/mol. The van der Waals surface area contributed by atoms with Crippen LogP contribution >= 0.6 is 23.2 Å². The number of carbonyl (C=O) groups excluding carboxylic acids is 2. The van der Waals surface area contributed by atoms with Crippen LogP contribution in [0.25, 0.3) is 0 Å². The van der Waals surface area contributed by atoms with Crippen molar-refractivity contribution in [2.75, 3.05) is 10.6 Å². The summed E-state index contributed by atoms with van der Waals surface area (Å²) in [5.74, 6) is -4.23. The minimum absolute atomic E-state index is 0.0383. The summed E-state index contributed by atoms with van der Waals surface area (Å²) in [4.78, 5) is 48.2. The summed E-state index contributed by atoms with van der Waals surface area (Å²) in [6, 6.07) is 11.5. The Hall–Kier alpha value is -3.62. The van der Waals surface area contributed by atoms with Crippen LogP contribution in [0.5, 0.6) is 0 Å². The van der Waals surface area contributed by atoms with Crippen molar-refractivity contribution in [1.29, 1.82) is 0 Å². The highest BCUT2D eigenvalue weighted by Gasteiger charge is 2.34. The van der Waals surface area contributed by atoms with Crippen LogP contribution in [-0.4, -0.2) is 33.7 Å². The fourth-order valence-corrected chi connectivity index (χ4v) is 3.15. The Kier molecular flexibility index (Phi) is 5.91. The minimum Gasteiger partial charge on any atom is -0.478 e. The second kappa shape index (κ2) is 8.40. The molecule has 0 radical (unpaired) electrons. The second-order valence-corrected chi connectivity index (χ2v) is 6.74. The quantitative estimate of drug-likeness (QED) is 0.494. The van der Waals surface area contributed by atoms with Gasteiger partial charge in [0.15, 0.2) is 0 Å². The van der Waals surface area contributed by atoms with E-state index in [2.05, 4.69) is 10.6 Å². The van der Waals surface area contributed by atoms with E-state index in [1.54, 1.807) is 0 Å². The summed E-state index contributed by atoms with van der Waals surface area (Å²) in [5.41, 5.74) is -0.995. The molecular weight excluding hydrogens is 435 g/mol. The first-order valence-corrected chi connectivity index (χ1v) is 9.05. The van der Waals surface area contributed by atoms with E-state index in [4.69, 9.17) is 23.2 Å². The van der Waals surface area contributed by atoms with Crippen molar-refractivity contribution in [3.63, 3.8) is 0 Å². The van der Waals surface area contributed by atoms with Crippen molar-refractivity contribution in [2.45, 2.75) is 0 Å². The fourth-order valence-electron chi connectivity index (χ4n) is 2.70. The molecule has 0 saturated heterocycles. The summed E-state index contributed by atoms with van der Waals surface area (Å²) in [6.07, 6.45) is 0. The van der Waals surface area contributed by atoms with Crippen LogP contribution in [0.3, 0.4) is 0 Å². The molecule has 0 aromatic heterocycles. The monoisotopic (exact) mass is 446 g/mol. The van der Waals surface area contributed by atoms with Crippen molar-refractivity contribution in [1.82, 2.24) is 0 Å². The largest absolute Gasteiger partial charge is 0.478 e. The van der Waals surface area contributed by atoms with Gasteiger partial charge in [0.05, 0.1) is 22.5 Å². The lowest BCUT2D eigenvalue weighted by molar-refractivity contribution is -0.115. The number of halogens is 2. The van der Waals surface area contributed by atoms with Gasteiger partial charge in [-0.2, -0.15) is 0 Å². The normalized spacial score (nSPS) is 14.1. The molecule has 8 nitrogen and oxygen atoms in total. The van der Waals surface area contributed by atoms with Gasteiger partial charge >= 0.3 is 11.9 Å². The Morgan fingerprint density at radius 2 is 1.00 bits per heavy atom. The lowest BCUT2D eigenvalue weighted by Gasteiger charge is -2.21. The standard InChI is InChI=1S/C20H12Cl2N2O6/c21-13-15(23-11-7-3-1-5-9(11)19(27)28)17(25)14(22)16(18(13)26)24-12-8-4-2-6-10(12)20(29)30/h1-8,23-24H,(H,27,28)(H,29,30). The molecule has 0 amide bonds.